The van der Waals surface area contributed by atoms with Crippen LogP contribution in [0, 0.1) is 0 Å². The Balaban J connectivity index is 3.45. The number of hydroxylamine groups is 2. The van der Waals surface area contributed by atoms with Gasteiger partial charge in [-0.15, -0.1) is 0 Å². The highest BCUT2D eigenvalue weighted by Crippen LogP contribution is 1.85. The van der Waals surface area contributed by atoms with Gasteiger partial charge in [-0.3, -0.25) is 10.0 Å². The van der Waals surface area contributed by atoms with Gasteiger partial charge in [-0.25, -0.2) is 10.2 Å². The van der Waals surface area contributed by atoms with Crippen LogP contribution >= 0.6 is 0 Å². The van der Waals surface area contributed by atoms with E-state index in [1.165, 1.54) is 0 Å². The van der Waals surface area contributed by atoms with Gasteiger partial charge in [0.15, 0.2) is 6.61 Å². The number of nitrogens with zero attached hydrogens (tertiary/aromatic N) is 1. The van der Waals surface area contributed by atoms with Crippen molar-refractivity contribution in [2.45, 2.75) is 13.3 Å². The molecule has 9 heavy (non-hydrogen) atoms. The first-order chi connectivity index (χ1) is 4.22. The molecule has 0 saturated carbocycles. The van der Waals surface area contributed by atoms with Crippen LogP contribution in [0.5, 0.6) is 0 Å². The van der Waals surface area contributed by atoms with Crippen LogP contribution in [-0.4, -0.2) is 29.3 Å². The molecule has 0 atom stereocenters. The van der Waals surface area contributed by atoms with Gasteiger partial charge in [0.1, 0.15) is 0 Å². The zero-order valence-electron chi connectivity index (χ0n) is 5.33. The summed E-state index contributed by atoms with van der Waals surface area (Å²) in [4.78, 5) is 10.3. The van der Waals surface area contributed by atoms with E-state index in [1.54, 1.807) is 6.92 Å². The van der Waals surface area contributed by atoms with Crippen molar-refractivity contribution in [2.24, 2.45) is 0 Å². The van der Waals surface area contributed by atoms with Crippen LogP contribution in [0.2, 0.25) is 0 Å². The molecular formula is C5H10NO3. The lowest BCUT2D eigenvalue weighted by Gasteiger charge is -2.10. The first-order valence-corrected chi connectivity index (χ1v) is 2.79. The van der Waals surface area contributed by atoms with Gasteiger partial charge in [-0.05, 0) is 6.42 Å². The second kappa shape index (κ2) is 4.29. The predicted octanol–water partition coefficient (Wildman–Crippen LogP) is 0.0447. The summed E-state index contributed by atoms with van der Waals surface area (Å²) >= 11 is 0. The summed E-state index contributed by atoms with van der Waals surface area (Å²) in [6.07, 6.45) is 0.655. The molecule has 1 radical (unpaired) electrons. The van der Waals surface area contributed by atoms with Gasteiger partial charge in [0.25, 0.3) is 5.91 Å². The molecule has 0 aliphatic heterocycles. The molecule has 0 unspecified atom stereocenters. The van der Waals surface area contributed by atoms with E-state index in [1.807, 2.05) is 0 Å². The van der Waals surface area contributed by atoms with Crippen LogP contribution in [-0.2, 0) is 9.90 Å². The van der Waals surface area contributed by atoms with E-state index in [9.17, 15) is 9.90 Å². The van der Waals surface area contributed by atoms with Crippen LogP contribution in [0.4, 0.5) is 0 Å². The van der Waals surface area contributed by atoms with Gasteiger partial charge in [0.05, 0.1) is 0 Å². The van der Waals surface area contributed by atoms with E-state index in [2.05, 4.69) is 0 Å². The zero-order chi connectivity index (χ0) is 7.28. The molecule has 4 heteroatoms. The topological polar surface area (TPSA) is 60.4 Å². The van der Waals surface area contributed by atoms with Crippen molar-refractivity contribution in [2.75, 3.05) is 13.2 Å². The van der Waals surface area contributed by atoms with Crippen molar-refractivity contribution in [3.8, 4) is 0 Å². The average molecular weight is 132 g/mol. The maximum absolute atomic E-state index is 10.3. The highest BCUT2D eigenvalue weighted by molar-refractivity contribution is 5.75. The zero-order valence-corrected chi connectivity index (χ0v) is 5.33. The van der Waals surface area contributed by atoms with E-state index in [0.717, 1.165) is 0 Å². The van der Waals surface area contributed by atoms with Crippen molar-refractivity contribution < 1.29 is 15.1 Å². The Labute approximate surface area is 53.7 Å². The average Bonchev–Trinajstić information content (AvgIpc) is 1.87. The molecule has 0 aliphatic carbocycles. The first kappa shape index (κ1) is 8.39. The smallest absolute Gasteiger partial charge is 0.275 e. The number of carbonyl (C=O) groups excluding carboxylic acids is 1. The van der Waals surface area contributed by atoms with Crippen LogP contribution in [0.15, 0.2) is 0 Å². The molecule has 53 valence electrons. The molecule has 0 rings (SSSR count). The molecule has 0 aliphatic rings. The summed E-state index contributed by atoms with van der Waals surface area (Å²) in [6, 6.07) is 0. The van der Waals surface area contributed by atoms with Gasteiger partial charge in [0.2, 0.25) is 0 Å². The fraction of sp³-hybridized carbons (Fsp3) is 0.800. The second-order valence-corrected chi connectivity index (χ2v) is 1.66. The van der Waals surface area contributed by atoms with Crippen LogP contribution in [0.3, 0.4) is 0 Å². The molecule has 0 fully saturated rings. The Morgan fingerprint density at radius 1 is 1.67 bits per heavy atom. The molecule has 0 saturated heterocycles. The van der Waals surface area contributed by atoms with Gasteiger partial charge >= 0.3 is 0 Å². The van der Waals surface area contributed by atoms with Crippen LogP contribution in [0.1, 0.15) is 13.3 Å². The lowest BCUT2D eigenvalue weighted by atomic mass is 10.4. The number of hydrogen-bond donors (Lipinski definition) is 1. The van der Waals surface area contributed by atoms with Gasteiger partial charge in [0, 0.05) is 6.54 Å². The maximum Gasteiger partial charge on any atom is 0.275 e. The van der Waals surface area contributed by atoms with Gasteiger partial charge < -0.3 is 0 Å². The summed E-state index contributed by atoms with van der Waals surface area (Å²) < 4.78 is 0. The quantitative estimate of drug-likeness (QED) is 0.435. The number of amides is 1. The van der Waals surface area contributed by atoms with Crippen molar-refractivity contribution in [3.63, 3.8) is 0 Å². The summed E-state index contributed by atoms with van der Waals surface area (Å²) in [6.45, 7) is 1.17. The summed E-state index contributed by atoms with van der Waals surface area (Å²) in [5.41, 5.74) is 0. The lowest BCUT2D eigenvalue weighted by Crippen LogP contribution is -2.29. The van der Waals surface area contributed by atoms with Gasteiger partial charge in [-0.1, -0.05) is 6.92 Å². The fourth-order valence-electron chi connectivity index (χ4n) is 0.411. The van der Waals surface area contributed by atoms with E-state index in [4.69, 9.17) is 5.21 Å². The summed E-state index contributed by atoms with van der Waals surface area (Å²) in [5.74, 6) is -0.767. The first-order valence-electron chi connectivity index (χ1n) is 2.79. The molecule has 0 aromatic heterocycles. The van der Waals surface area contributed by atoms with Crippen molar-refractivity contribution in [1.29, 1.82) is 0 Å². The lowest BCUT2D eigenvalue weighted by molar-refractivity contribution is -0.170. The van der Waals surface area contributed by atoms with Crippen LogP contribution in [0.25, 0.3) is 0 Å². The standard InChI is InChI=1S/C5H10NO3/c1-2-3-6(9)5(8)4-7/h9H,2-4H2,1H3. The summed E-state index contributed by atoms with van der Waals surface area (Å²) in [7, 11) is 0. The highest BCUT2D eigenvalue weighted by Gasteiger charge is 2.06. The minimum absolute atomic E-state index is 0.237. The van der Waals surface area contributed by atoms with E-state index >= 15 is 0 Å². The SMILES string of the molecule is CCCN(O)C(=O)C[O]. The third kappa shape index (κ3) is 3.05. The Kier molecular flexibility index (Phi) is 4.00. The Hall–Kier alpha value is -0.610. The third-order valence-electron chi connectivity index (χ3n) is 0.847. The molecule has 0 spiro atoms. The molecule has 1 amide bonds. The number of rotatable bonds is 3. The maximum atomic E-state index is 10.3. The molecule has 0 aromatic rings. The second-order valence-electron chi connectivity index (χ2n) is 1.66. The largest absolute Gasteiger partial charge is 0.286 e. The molecule has 4 nitrogen and oxygen atoms in total. The van der Waals surface area contributed by atoms with Crippen molar-refractivity contribution in [3.05, 3.63) is 0 Å². The highest BCUT2D eigenvalue weighted by atomic mass is 16.5. The van der Waals surface area contributed by atoms with Gasteiger partial charge in [-0.2, -0.15) is 0 Å². The normalized spacial score (nSPS) is 9.22. The Morgan fingerprint density at radius 2 is 2.22 bits per heavy atom. The minimum atomic E-state index is -0.878. The number of hydrogen-bond acceptors (Lipinski definition) is 2. The number of carbonyl (C=O) groups is 1. The molecule has 0 bridgehead atoms. The summed E-state index contributed by atoms with van der Waals surface area (Å²) in [5, 5.41) is 18.8. The van der Waals surface area contributed by atoms with Crippen molar-refractivity contribution in [1.82, 2.24) is 5.06 Å². The Morgan fingerprint density at radius 3 is 2.56 bits per heavy atom. The monoisotopic (exact) mass is 132 g/mol. The van der Waals surface area contributed by atoms with E-state index in [-0.39, 0.29) is 6.54 Å². The predicted molar refractivity (Wildman–Crippen MR) is 29.3 cm³/mol. The fourth-order valence-corrected chi connectivity index (χ4v) is 0.411. The minimum Gasteiger partial charge on any atom is -0.286 e. The van der Waals surface area contributed by atoms with E-state index < -0.39 is 12.5 Å². The molecular weight excluding hydrogens is 122 g/mol. The Bertz CT molecular complexity index is 94.2. The molecule has 0 heterocycles. The van der Waals surface area contributed by atoms with Crippen LogP contribution < -0.4 is 0 Å². The van der Waals surface area contributed by atoms with Crippen molar-refractivity contribution >= 4 is 5.91 Å². The molecule has 1 N–H and O–H groups in total. The third-order valence-corrected chi connectivity index (χ3v) is 0.847. The molecule has 0 aromatic carbocycles. The van der Waals surface area contributed by atoms with E-state index in [0.29, 0.717) is 11.5 Å².